The summed E-state index contributed by atoms with van der Waals surface area (Å²) in [6.45, 7) is 5.76. The van der Waals surface area contributed by atoms with Crippen molar-refractivity contribution in [1.29, 1.82) is 5.41 Å². The number of pyridine rings is 1. The topological polar surface area (TPSA) is 70.4 Å². The molecular weight excluding hydrogens is 661 g/mol. The van der Waals surface area contributed by atoms with Crippen molar-refractivity contribution in [1.82, 2.24) is 10.3 Å². The molecule has 54 heavy (non-hydrogen) atoms. The van der Waals surface area contributed by atoms with Gasteiger partial charge in [-0.05, 0) is 104 Å². The quantitative estimate of drug-likeness (QED) is 0.0518. The van der Waals surface area contributed by atoms with Crippen LogP contribution >= 0.6 is 0 Å². The number of nitrogens with one attached hydrogen (secondary N) is 2. The van der Waals surface area contributed by atoms with Gasteiger partial charge in [0.15, 0.2) is 12.1 Å². The monoisotopic (exact) mass is 698 g/mol. The maximum absolute atomic E-state index is 9.06. The van der Waals surface area contributed by atoms with Crippen molar-refractivity contribution in [3.63, 3.8) is 0 Å². The third-order valence-corrected chi connectivity index (χ3v) is 9.54. The van der Waals surface area contributed by atoms with E-state index in [-0.39, 0.29) is 5.84 Å². The average Bonchev–Trinajstić information content (AvgIpc) is 3.23. The summed E-state index contributed by atoms with van der Waals surface area (Å²) in [7, 11) is 0. The van der Waals surface area contributed by atoms with Crippen LogP contribution in [-0.2, 0) is 0 Å². The molecule has 0 aliphatic rings. The zero-order chi connectivity index (χ0) is 36.9. The largest absolute Gasteiger partial charge is 0.470 e. The average molecular weight is 699 g/mol. The van der Waals surface area contributed by atoms with E-state index < -0.39 is 6.23 Å². The van der Waals surface area contributed by atoms with Crippen LogP contribution in [0.1, 0.15) is 23.6 Å². The molecule has 5 nitrogen and oxygen atoms in total. The van der Waals surface area contributed by atoms with Crippen LogP contribution in [-0.4, -0.2) is 22.9 Å². The molecule has 0 saturated heterocycles. The molecule has 260 valence electrons. The maximum Gasteiger partial charge on any atom is 0.168 e. The highest BCUT2D eigenvalue weighted by atomic mass is 16.5. The van der Waals surface area contributed by atoms with E-state index in [1.54, 1.807) is 6.08 Å². The minimum Gasteiger partial charge on any atom is -0.470 e. The molecule has 0 amide bonds. The van der Waals surface area contributed by atoms with Gasteiger partial charge < -0.3 is 10.1 Å². The molecule has 8 rings (SSSR count). The Bertz CT molecular complexity index is 2680. The van der Waals surface area contributed by atoms with Crippen LogP contribution in [0.15, 0.2) is 188 Å². The van der Waals surface area contributed by atoms with Gasteiger partial charge >= 0.3 is 0 Å². The lowest BCUT2D eigenvalue weighted by Crippen LogP contribution is -2.38. The van der Waals surface area contributed by atoms with Crippen molar-refractivity contribution in [2.24, 2.45) is 4.99 Å². The Hall–Kier alpha value is -7.11. The Morgan fingerprint density at radius 1 is 0.630 bits per heavy atom. The molecule has 0 radical (unpaired) electrons. The van der Waals surface area contributed by atoms with Crippen LogP contribution in [0.2, 0.25) is 0 Å². The third kappa shape index (κ3) is 7.03. The minimum absolute atomic E-state index is 0.138. The fourth-order valence-electron chi connectivity index (χ4n) is 6.99. The molecule has 0 bridgehead atoms. The van der Waals surface area contributed by atoms with Crippen LogP contribution in [0.4, 0.5) is 0 Å². The first-order chi connectivity index (χ1) is 26.6. The number of para-hydroxylation sites is 1. The van der Waals surface area contributed by atoms with Gasteiger partial charge in [0.2, 0.25) is 0 Å². The number of benzene rings is 7. The van der Waals surface area contributed by atoms with Crippen molar-refractivity contribution in [2.75, 3.05) is 0 Å². The highest BCUT2D eigenvalue weighted by Gasteiger charge is 2.17. The van der Waals surface area contributed by atoms with Crippen molar-refractivity contribution in [3.05, 3.63) is 199 Å². The molecule has 0 saturated carbocycles. The first-order valence-electron chi connectivity index (χ1n) is 18.0. The van der Waals surface area contributed by atoms with E-state index >= 15 is 0 Å². The number of fused-ring (bicyclic) bond motifs is 6. The molecule has 5 heteroatoms. The normalized spacial score (nSPS) is 12.3. The van der Waals surface area contributed by atoms with Gasteiger partial charge in [0.05, 0.1) is 0 Å². The second kappa shape index (κ2) is 15.2. The number of amidine groups is 2. The zero-order valence-electron chi connectivity index (χ0n) is 29.9. The highest BCUT2D eigenvalue weighted by Crippen LogP contribution is 2.38. The lowest BCUT2D eigenvalue weighted by Gasteiger charge is -2.21. The number of aliphatic imine (C=N–C) groups is 1. The smallest absolute Gasteiger partial charge is 0.168 e. The summed E-state index contributed by atoms with van der Waals surface area (Å²) >= 11 is 0. The second-order valence-corrected chi connectivity index (χ2v) is 13.1. The molecule has 0 fully saturated rings. The van der Waals surface area contributed by atoms with Crippen molar-refractivity contribution in [3.8, 4) is 28.0 Å². The first-order valence-corrected chi connectivity index (χ1v) is 18.0. The van der Waals surface area contributed by atoms with E-state index in [2.05, 4.69) is 102 Å². The number of rotatable bonds is 9. The summed E-state index contributed by atoms with van der Waals surface area (Å²) in [4.78, 5) is 9.22. The molecule has 0 spiro atoms. The molecule has 0 aliphatic carbocycles. The van der Waals surface area contributed by atoms with Crippen LogP contribution < -0.4 is 10.1 Å². The minimum atomic E-state index is -0.501. The van der Waals surface area contributed by atoms with E-state index in [0.717, 1.165) is 39.1 Å². The van der Waals surface area contributed by atoms with Gasteiger partial charge in [-0.1, -0.05) is 134 Å². The highest BCUT2D eigenvalue weighted by molar-refractivity contribution is 6.25. The molecule has 0 aliphatic heterocycles. The summed E-state index contributed by atoms with van der Waals surface area (Å²) < 4.78 is 6.48. The van der Waals surface area contributed by atoms with Crippen molar-refractivity contribution >= 4 is 50.1 Å². The summed E-state index contributed by atoms with van der Waals surface area (Å²) in [5, 5.41) is 19.9. The molecule has 1 unspecified atom stereocenters. The van der Waals surface area contributed by atoms with E-state index in [1.807, 2.05) is 98.2 Å². The Morgan fingerprint density at radius 3 is 1.91 bits per heavy atom. The van der Waals surface area contributed by atoms with Crippen LogP contribution in [0.3, 0.4) is 0 Å². The Balaban J connectivity index is 1.28. The number of hydrogen-bond acceptors (Lipinski definition) is 3. The molecule has 1 aromatic heterocycles. The van der Waals surface area contributed by atoms with Gasteiger partial charge in [-0.3, -0.25) is 10.4 Å². The fraction of sp³-hybridized carbons (Fsp3) is 0.0408. The number of hydrogen-bond donors (Lipinski definition) is 2. The van der Waals surface area contributed by atoms with Crippen molar-refractivity contribution in [2.45, 2.75) is 13.2 Å². The summed E-state index contributed by atoms with van der Waals surface area (Å²) in [6.07, 6.45) is 8.71. The second-order valence-electron chi connectivity index (χ2n) is 13.1. The van der Waals surface area contributed by atoms with Crippen LogP contribution in [0, 0.1) is 5.41 Å². The maximum atomic E-state index is 9.06. The molecule has 1 heterocycles. The Kier molecular flexibility index (Phi) is 9.60. The van der Waals surface area contributed by atoms with Gasteiger partial charge in [0.1, 0.15) is 11.6 Å². The molecule has 2 N–H and O–H groups in total. The van der Waals surface area contributed by atoms with Gasteiger partial charge in [0.25, 0.3) is 0 Å². The third-order valence-electron chi connectivity index (χ3n) is 9.54. The van der Waals surface area contributed by atoms with E-state index in [9.17, 15) is 0 Å². The zero-order valence-corrected chi connectivity index (χ0v) is 29.9. The Labute approximate surface area is 315 Å². The predicted molar refractivity (Wildman–Crippen MR) is 226 cm³/mol. The summed E-state index contributed by atoms with van der Waals surface area (Å²) in [5.41, 5.74) is 6.58. The summed E-state index contributed by atoms with van der Waals surface area (Å²) in [5.74, 6) is 1.37. The standard InChI is InChI=1S/C49H38N4O/c1-3-4-14-35-15-8-13-22-47(35)54-33(2)52-49(53-48(50)36-16-6-5-7-17-36)40-30-38(34-25-27-51-28-26-34)29-39(31-40)37-23-24-45-43-20-10-9-18-41(43)42-19-11-12-21-44(42)46(45)32-37/h3-33H,1H2,2H3,(H2,50,52,53)/b14-4+. The van der Waals surface area contributed by atoms with Gasteiger partial charge in [-0.25, -0.2) is 4.99 Å². The number of nitrogens with zero attached hydrogens (tertiary/aromatic N) is 2. The molecule has 7 aromatic carbocycles. The number of ether oxygens (including phenoxy) is 1. The molecule has 8 aromatic rings. The van der Waals surface area contributed by atoms with Crippen LogP contribution in [0.25, 0.3) is 60.6 Å². The SMILES string of the molecule is C=C/C=C/c1ccccc1OC(C)N/C(=N\C(=N)c1ccccc1)c1cc(-c2ccncc2)cc(-c2ccc3c4ccccc4c4ccccc4c3c2)c1. The summed E-state index contributed by atoms with van der Waals surface area (Å²) in [6, 6.07) is 51.9. The molecular formula is C49H38N4O. The predicted octanol–water partition coefficient (Wildman–Crippen LogP) is 11.9. The van der Waals surface area contributed by atoms with E-state index in [0.29, 0.717) is 11.4 Å². The fourth-order valence-corrected chi connectivity index (χ4v) is 6.99. The van der Waals surface area contributed by atoms with Gasteiger partial charge in [-0.2, -0.15) is 0 Å². The van der Waals surface area contributed by atoms with E-state index in [4.69, 9.17) is 15.1 Å². The number of aromatic nitrogens is 1. The van der Waals surface area contributed by atoms with E-state index in [1.165, 1.54) is 32.3 Å². The van der Waals surface area contributed by atoms with Crippen LogP contribution in [0.5, 0.6) is 5.75 Å². The first kappa shape index (κ1) is 34.0. The lowest BCUT2D eigenvalue weighted by molar-refractivity contribution is 0.207. The van der Waals surface area contributed by atoms with Gasteiger partial charge in [-0.15, -0.1) is 0 Å². The Morgan fingerprint density at radius 2 is 1.22 bits per heavy atom. The lowest BCUT2D eigenvalue weighted by atomic mass is 9.90. The number of allylic oxidation sites excluding steroid dienone is 2. The molecule has 1 atom stereocenters. The van der Waals surface area contributed by atoms with Crippen molar-refractivity contribution < 1.29 is 4.74 Å². The van der Waals surface area contributed by atoms with Gasteiger partial charge in [0, 0.05) is 29.1 Å².